The van der Waals surface area contributed by atoms with E-state index in [2.05, 4.69) is 118 Å². The number of benzene rings is 6. The van der Waals surface area contributed by atoms with E-state index in [0.717, 1.165) is 89.4 Å². The molecule has 0 fully saturated rings. The summed E-state index contributed by atoms with van der Waals surface area (Å²) in [6.07, 6.45) is 3.69. The predicted molar refractivity (Wildman–Crippen MR) is 218 cm³/mol. The summed E-state index contributed by atoms with van der Waals surface area (Å²) in [4.78, 5) is 9.97. The monoisotopic (exact) mass is 714 g/mol. The number of rotatable bonds is 2. The van der Waals surface area contributed by atoms with E-state index >= 15 is 0 Å². The lowest BCUT2D eigenvalue weighted by Gasteiger charge is -2.40. The molecule has 7 nitrogen and oxygen atoms in total. The first-order chi connectivity index (χ1) is 27.7. The van der Waals surface area contributed by atoms with Crippen molar-refractivity contribution in [2.24, 2.45) is 0 Å². The fraction of sp³-hybridized carbons (Fsp3) is 0.0204. The SMILES string of the molecule is N#Cc1ccc2c(c1)c1cc(C#N)ccc1n2-c1ccc2c(c1)Oc1cccc(-n3c4ccccc4c4ccccc43)c1C21c2cccnc2-c2ncccc21. The standard InChI is InChI=1S/C49H26N6O/c50-27-29-16-20-41-34(24-29)35-25-30(28-51)17-21-42(35)54(41)31-18-19-36-45(26-31)56-44-15-5-14-43(55-39-12-3-1-8-32(39)33-9-2-4-13-40(33)55)46(44)49(36)37-10-6-22-52-47(37)48-38(49)11-7-23-53-48/h1-26H. The van der Waals surface area contributed by atoms with Crippen molar-refractivity contribution in [2.75, 3.05) is 0 Å². The van der Waals surface area contributed by atoms with Crippen molar-refractivity contribution >= 4 is 43.6 Å². The summed E-state index contributed by atoms with van der Waals surface area (Å²) in [5.41, 5.74) is 12.1. The Bertz CT molecular complexity index is 3280. The maximum absolute atomic E-state index is 9.79. The molecule has 0 bridgehead atoms. The molecule has 0 saturated heterocycles. The van der Waals surface area contributed by atoms with Crippen molar-refractivity contribution in [3.63, 3.8) is 0 Å². The van der Waals surface area contributed by atoms with Gasteiger partial charge in [0.15, 0.2) is 0 Å². The van der Waals surface area contributed by atoms with Crippen LogP contribution in [0.1, 0.15) is 33.4 Å². The number of para-hydroxylation sites is 2. The van der Waals surface area contributed by atoms with Crippen molar-refractivity contribution in [3.05, 3.63) is 191 Å². The Kier molecular flexibility index (Phi) is 5.99. The van der Waals surface area contributed by atoms with E-state index in [1.54, 1.807) is 0 Å². The second-order valence-electron chi connectivity index (χ2n) is 14.4. The third kappa shape index (κ3) is 3.78. The van der Waals surface area contributed by atoms with Crippen molar-refractivity contribution < 1.29 is 4.74 Å². The topological polar surface area (TPSA) is 92.4 Å². The predicted octanol–water partition coefficient (Wildman–Crippen LogP) is 10.9. The van der Waals surface area contributed by atoms with Crippen LogP contribution in [0.5, 0.6) is 11.5 Å². The van der Waals surface area contributed by atoms with Crippen LogP contribution in [-0.4, -0.2) is 19.1 Å². The second kappa shape index (κ2) is 11.0. The van der Waals surface area contributed by atoms with Gasteiger partial charge in [0.2, 0.25) is 0 Å². The van der Waals surface area contributed by atoms with Gasteiger partial charge < -0.3 is 13.9 Å². The summed E-state index contributed by atoms with van der Waals surface area (Å²) < 4.78 is 11.7. The smallest absolute Gasteiger partial charge is 0.134 e. The van der Waals surface area contributed by atoms with Gasteiger partial charge in [0, 0.05) is 56.8 Å². The third-order valence-corrected chi connectivity index (χ3v) is 11.7. The van der Waals surface area contributed by atoms with E-state index in [9.17, 15) is 10.5 Å². The van der Waals surface area contributed by atoms with Gasteiger partial charge in [-0.25, -0.2) is 0 Å². The van der Waals surface area contributed by atoms with Gasteiger partial charge in [-0.3, -0.25) is 9.97 Å². The molecule has 1 aliphatic carbocycles. The first kappa shape index (κ1) is 30.5. The molecular formula is C49H26N6O. The normalized spacial score (nSPS) is 13.2. The molecular weight excluding hydrogens is 689 g/mol. The maximum Gasteiger partial charge on any atom is 0.134 e. The zero-order valence-electron chi connectivity index (χ0n) is 29.6. The van der Waals surface area contributed by atoms with Gasteiger partial charge in [0.25, 0.3) is 0 Å². The van der Waals surface area contributed by atoms with Crippen LogP contribution < -0.4 is 4.74 Å². The highest BCUT2D eigenvalue weighted by Crippen LogP contribution is 2.63. The van der Waals surface area contributed by atoms with Crippen LogP contribution in [0.15, 0.2) is 158 Å². The number of fused-ring (bicyclic) bond motifs is 15. The Morgan fingerprint density at radius 2 is 1.07 bits per heavy atom. The second-order valence-corrected chi connectivity index (χ2v) is 14.4. The maximum atomic E-state index is 9.79. The minimum absolute atomic E-state index is 0.561. The van der Waals surface area contributed by atoms with E-state index in [4.69, 9.17) is 14.7 Å². The molecule has 6 aromatic carbocycles. The van der Waals surface area contributed by atoms with Crippen molar-refractivity contribution in [1.29, 1.82) is 10.5 Å². The van der Waals surface area contributed by atoms with Crippen LogP contribution in [0.3, 0.4) is 0 Å². The molecule has 5 heterocycles. The number of pyridine rings is 2. The molecule has 2 aliphatic rings. The molecule has 0 atom stereocenters. The molecule has 7 heteroatoms. The van der Waals surface area contributed by atoms with Gasteiger partial charge in [-0.05, 0) is 90.0 Å². The van der Waals surface area contributed by atoms with Gasteiger partial charge >= 0.3 is 0 Å². The first-order valence-corrected chi connectivity index (χ1v) is 18.4. The van der Waals surface area contributed by atoms with Gasteiger partial charge in [0.1, 0.15) is 11.5 Å². The highest BCUT2D eigenvalue weighted by molar-refractivity contribution is 6.11. The fourth-order valence-electron chi connectivity index (χ4n) is 9.59. The molecule has 4 aromatic heterocycles. The number of hydrogen-bond donors (Lipinski definition) is 0. The van der Waals surface area contributed by atoms with Crippen LogP contribution in [0.2, 0.25) is 0 Å². The van der Waals surface area contributed by atoms with Gasteiger partial charge in [-0.2, -0.15) is 10.5 Å². The van der Waals surface area contributed by atoms with E-state index < -0.39 is 5.41 Å². The molecule has 0 saturated carbocycles. The molecule has 0 N–H and O–H groups in total. The number of ether oxygens (including phenoxy) is 1. The fourth-order valence-corrected chi connectivity index (χ4v) is 9.59. The first-order valence-electron chi connectivity index (χ1n) is 18.4. The van der Waals surface area contributed by atoms with Crippen LogP contribution in [0.4, 0.5) is 0 Å². The molecule has 0 radical (unpaired) electrons. The molecule has 1 aliphatic heterocycles. The highest BCUT2D eigenvalue weighted by atomic mass is 16.5. The summed E-state index contributed by atoms with van der Waals surface area (Å²) in [6, 6.07) is 54.4. The third-order valence-electron chi connectivity index (χ3n) is 11.7. The lowest BCUT2D eigenvalue weighted by Crippen LogP contribution is -2.33. The molecule has 258 valence electrons. The minimum Gasteiger partial charge on any atom is -0.457 e. The van der Waals surface area contributed by atoms with Gasteiger partial charge in [-0.1, -0.05) is 60.7 Å². The lowest BCUT2D eigenvalue weighted by molar-refractivity contribution is 0.435. The summed E-state index contributed by atoms with van der Waals surface area (Å²) in [5.74, 6) is 1.47. The number of hydrogen-bond acceptors (Lipinski definition) is 5. The molecule has 12 rings (SSSR count). The summed E-state index contributed by atoms with van der Waals surface area (Å²) in [6.45, 7) is 0. The Hall–Kier alpha value is -8.00. The molecule has 1 spiro atoms. The van der Waals surface area contributed by atoms with Crippen molar-refractivity contribution in [1.82, 2.24) is 19.1 Å². The van der Waals surface area contributed by atoms with Crippen LogP contribution in [-0.2, 0) is 5.41 Å². The Morgan fingerprint density at radius 1 is 0.482 bits per heavy atom. The minimum atomic E-state index is -0.831. The van der Waals surface area contributed by atoms with E-state index in [1.165, 1.54) is 10.8 Å². The summed E-state index contributed by atoms with van der Waals surface area (Å²) in [7, 11) is 0. The Morgan fingerprint density at radius 3 is 1.68 bits per heavy atom. The Labute approximate surface area is 320 Å². The van der Waals surface area contributed by atoms with Crippen molar-refractivity contribution in [3.8, 4) is 46.4 Å². The summed E-state index contributed by atoms with van der Waals surface area (Å²) >= 11 is 0. The molecule has 0 amide bonds. The van der Waals surface area contributed by atoms with Crippen LogP contribution in [0.25, 0.3) is 66.4 Å². The van der Waals surface area contributed by atoms with E-state index in [0.29, 0.717) is 11.1 Å². The zero-order valence-corrected chi connectivity index (χ0v) is 29.6. The average molecular weight is 715 g/mol. The highest BCUT2D eigenvalue weighted by Gasteiger charge is 2.54. The molecule has 0 unspecified atom stereocenters. The largest absolute Gasteiger partial charge is 0.457 e. The summed E-state index contributed by atoms with van der Waals surface area (Å²) in [5, 5.41) is 23.8. The van der Waals surface area contributed by atoms with Crippen LogP contribution >= 0.6 is 0 Å². The van der Waals surface area contributed by atoms with Gasteiger partial charge in [0.05, 0.1) is 67.8 Å². The molecule has 10 aromatic rings. The number of aromatic nitrogens is 4. The van der Waals surface area contributed by atoms with Gasteiger partial charge in [-0.15, -0.1) is 0 Å². The number of nitrogens with zero attached hydrogens (tertiary/aromatic N) is 6. The zero-order chi connectivity index (χ0) is 37.1. The van der Waals surface area contributed by atoms with E-state index in [-0.39, 0.29) is 0 Å². The van der Waals surface area contributed by atoms with Crippen molar-refractivity contribution in [2.45, 2.75) is 5.41 Å². The Balaban J connectivity index is 1.19. The lowest BCUT2D eigenvalue weighted by atomic mass is 9.65. The number of nitriles is 2. The van der Waals surface area contributed by atoms with Crippen LogP contribution in [0, 0.1) is 22.7 Å². The molecule has 56 heavy (non-hydrogen) atoms. The van der Waals surface area contributed by atoms with E-state index in [1.807, 2.05) is 60.9 Å². The average Bonchev–Trinajstić information content (AvgIpc) is 3.87. The quantitative estimate of drug-likeness (QED) is 0.178.